The van der Waals surface area contributed by atoms with Gasteiger partial charge in [-0.3, -0.25) is 0 Å². The molecule has 0 aliphatic rings. The van der Waals surface area contributed by atoms with Crippen molar-refractivity contribution in [2.75, 3.05) is 0 Å². The SMILES string of the molecule is C=CC(N)c1cc2cc(C)ccc2o1. The molecule has 0 fully saturated rings. The molecule has 0 amide bonds. The van der Waals surface area contributed by atoms with E-state index < -0.39 is 0 Å². The molecule has 1 unspecified atom stereocenters. The zero-order chi connectivity index (χ0) is 10.1. The van der Waals surface area contributed by atoms with Crippen molar-refractivity contribution in [3.05, 3.63) is 48.2 Å². The molecule has 2 nitrogen and oxygen atoms in total. The lowest BCUT2D eigenvalue weighted by Crippen LogP contribution is -2.04. The van der Waals surface area contributed by atoms with E-state index in [1.54, 1.807) is 6.08 Å². The van der Waals surface area contributed by atoms with Crippen LogP contribution in [0.5, 0.6) is 0 Å². The molecule has 2 aromatic rings. The second kappa shape index (κ2) is 3.31. The normalized spacial score (nSPS) is 13.0. The highest BCUT2D eigenvalue weighted by Crippen LogP contribution is 2.24. The number of hydrogen-bond acceptors (Lipinski definition) is 2. The highest BCUT2D eigenvalue weighted by molar-refractivity contribution is 5.78. The summed E-state index contributed by atoms with van der Waals surface area (Å²) in [4.78, 5) is 0. The molecule has 1 aromatic carbocycles. The first-order valence-corrected chi connectivity index (χ1v) is 4.59. The minimum absolute atomic E-state index is 0.220. The largest absolute Gasteiger partial charge is 0.459 e. The van der Waals surface area contributed by atoms with Gasteiger partial charge in [-0.1, -0.05) is 17.7 Å². The average molecular weight is 187 g/mol. The van der Waals surface area contributed by atoms with Crippen LogP contribution in [0, 0.1) is 6.92 Å². The first-order chi connectivity index (χ1) is 6.70. The van der Waals surface area contributed by atoms with Crippen LogP contribution in [0.25, 0.3) is 11.0 Å². The molecular formula is C12H13NO. The van der Waals surface area contributed by atoms with Crippen LogP contribution in [0.1, 0.15) is 17.4 Å². The van der Waals surface area contributed by atoms with Gasteiger partial charge in [-0.15, -0.1) is 6.58 Å². The molecule has 2 N–H and O–H groups in total. The molecule has 1 atom stereocenters. The van der Waals surface area contributed by atoms with Gasteiger partial charge >= 0.3 is 0 Å². The fourth-order valence-corrected chi connectivity index (χ4v) is 1.46. The maximum atomic E-state index is 5.78. The number of rotatable bonds is 2. The lowest BCUT2D eigenvalue weighted by molar-refractivity contribution is 0.530. The van der Waals surface area contributed by atoms with Crippen molar-refractivity contribution in [2.24, 2.45) is 5.73 Å². The fourth-order valence-electron chi connectivity index (χ4n) is 1.46. The topological polar surface area (TPSA) is 39.2 Å². The number of hydrogen-bond donors (Lipinski definition) is 1. The van der Waals surface area contributed by atoms with E-state index >= 15 is 0 Å². The van der Waals surface area contributed by atoms with Gasteiger partial charge in [0.2, 0.25) is 0 Å². The zero-order valence-electron chi connectivity index (χ0n) is 8.16. The van der Waals surface area contributed by atoms with Crippen molar-refractivity contribution in [1.29, 1.82) is 0 Å². The Morgan fingerprint density at radius 3 is 2.93 bits per heavy atom. The van der Waals surface area contributed by atoms with Gasteiger partial charge in [-0.25, -0.2) is 0 Å². The van der Waals surface area contributed by atoms with Crippen LogP contribution in [0.2, 0.25) is 0 Å². The molecule has 72 valence electrons. The monoisotopic (exact) mass is 187 g/mol. The third kappa shape index (κ3) is 1.44. The minimum atomic E-state index is -0.220. The summed E-state index contributed by atoms with van der Waals surface area (Å²) in [7, 11) is 0. The summed E-state index contributed by atoms with van der Waals surface area (Å²) >= 11 is 0. The van der Waals surface area contributed by atoms with Crippen molar-refractivity contribution in [1.82, 2.24) is 0 Å². The Kier molecular flexibility index (Phi) is 2.14. The Hall–Kier alpha value is -1.54. The van der Waals surface area contributed by atoms with E-state index in [1.165, 1.54) is 5.56 Å². The maximum Gasteiger partial charge on any atom is 0.134 e. The Labute approximate surface area is 83.0 Å². The van der Waals surface area contributed by atoms with Crippen molar-refractivity contribution in [2.45, 2.75) is 13.0 Å². The van der Waals surface area contributed by atoms with Crippen LogP contribution in [0.15, 0.2) is 41.3 Å². The van der Waals surface area contributed by atoms with Gasteiger partial charge in [0.25, 0.3) is 0 Å². The summed E-state index contributed by atoms with van der Waals surface area (Å²) in [5.41, 5.74) is 7.88. The summed E-state index contributed by atoms with van der Waals surface area (Å²) in [6.07, 6.45) is 1.67. The van der Waals surface area contributed by atoms with Crippen LogP contribution < -0.4 is 5.73 Å². The first kappa shape index (κ1) is 9.03. The summed E-state index contributed by atoms with van der Waals surface area (Å²) in [5.74, 6) is 0.764. The highest BCUT2D eigenvalue weighted by atomic mass is 16.3. The van der Waals surface area contributed by atoms with Crippen LogP contribution in [0.3, 0.4) is 0 Å². The molecule has 0 radical (unpaired) electrons. The van der Waals surface area contributed by atoms with E-state index in [9.17, 15) is 0 Å². The van der Waals surface area contributed by atoms with Gasteiger partial charge in [0, 0.05) is 5.39 Å². The average Bonchev–Trinajstić information content (AvgIpc) is 2.59. The van der Waals surface area contributed by atoms with Crippen LogP contribution in [-0.2, 0) is 0 Å². The molecule has 14 heavy (non-hydrogen) atoms. The molecule has 0 spiro atoms. The van der Waals surface area contributed by atoms with Gasteiger partial charge in [-0.2, -0.15) is 0 Å². The molecule has 0 saturated carbocycles. The third-order valence-corrected chi connectivity index (χ3v) is 2.27. The van der Waals surface area contributed by atoms with E-state index in [2.05, 4.69) is 19.6 Å². The standard InChI is InChI=1S/C12H13NO/c1-3-10(13)12-7-9-6-8(2)4-5-11(9)14-12/h3-7,10H,1,13H2,2H3. The molecule has 2 rings (SSSR count). The Bertz CT molecular complexity index is 470. The molecule has 0 bridgehead atoms. The van der Waals surface area contributed by atoms with Gasteiger partial charge in [-0.05, 0) is 25.1 Å². The molecule has 1 heterocycles. The van der Waals surface area contributed by atoms with Crippen molar-refractivity contribution in [3.63, 3.8) is 0 Å². The van der Waals surface area contributed by atoms with Gasteiger partial charge in [0.1, 0.15) is 11.3 Å². The van der Waals surface area contributed by atoms with E-state index in [0.29, 0.717) is 0 Å². The summed E-state index contributed by atoms with van der Waals surface area (Å²) in [6, 6.07) is 7.81. The number of fused-ring (bicyclic) bond motifs is 1. The van der Waals surface area contributed by atoms with Gasteiger partial charge < -0.3 is 10.2 Å². The fraction of sp³-hybridized carbons (Fsp3) is 0.167. The van der Waals surface area contributed by atoms with Crippen LogP contribution in [-0.4, -0.2) is 0 Å². The first-order valence-electron chi connectivity index (χ1n) is 4.59. The van der Waals surface area contributed by atoms with Crippen molar-refractivity contribution >= 4 is 11.0 Å². The molecule has 0 aliphatic heterocycles. The van der Waals surface area contributed by atoms with Crippen molar-refractivity contribution < 1.29 is 4.42 Å². The second-order valence-corrected chi connectivity index (χ2v) is 3.45. The summed E-state index contributed by atoms with van der Waals surface area (Å²) < 4.78 is 5.58. The molecule has 2 heteroatoms. The molecule has 0 saturated heterocycles. The van der Waals surface area contributed by atoms with E-state index in [1.807, 2.05) is 18.2 Å². The maximum absolute atomic E-state index is 5.78. The van der Waals surface area contributed by atoms with Gasteiger partial charge in [0.05, 0.1) is 6.04 Å². The minimum Gasteiger partial charge on any atom is -0.459 e. The predicted molar refractivity (Wildman–Crippen MR) is 58.1 cm³/mol. The number of aryl methyl sites for hydroxylation is 1. The van der Waals surface area contributed by atoms with Crippen LogP contribution >= 0.6 is 0 Å². The van der Waals surface area contributed by atoms with E-state index in [4.69, 9.17) is 10.2 Å². The number of furan rings is 1. The Balaban J connectivity index is 2.56. The second-order valence-electron chi connectivity index (χ2n) is 3.45. The molecule has 0 aliphatic carbocycles. The zero-order valence-corrected chi connectivity index (χ0v) is 8.16. The van der Waals surface area contributed by atoms with Gasteiger partial charge in [0.15, 0.2) is 0 Å². The molecule has 1 aromatic heterocycles. The smallest absolute Gasteiger partial charge is 0.134 e. The van der Waals surface area contributed by atoms with E-state index in [-0.39, 0.29) is 6.04 Å². The quantitative estimate of drug-likeness (QED) is 0.734. The Morgan fingerprint density at radius 1 is 1.43 bits per heavy atom. The van der Waals surface area contributed by atoms with Crippen LogP contribution in [0.4, 0.5) is 0 Å². The van der Waals surface area contributed by atoms with E-state index in [0.717, 1.165) is 16.7 Å². The summed E-state index contributed by atoms with van der Waals surface area (Å²) in [5, 5.41) is 1.09. The summed E-state index contributed by atoms with van der Waals surface area (Å²) in [6.45, 7) is 5.69. The predicted octanol–water partition coefficient (Wildman–Crippen LogP) is 2.93. The third-order valence-electron chi connectivity index (χ3n) is 2.27. The highest BCUT2D eigenvalue weighted by Gasteiger charge is 2.08. The number of benzene rings is 1. The number of nitrogens with two attached hydrogens (primary N) is 1. The Morgan fingerprint density at radius 2 is 2.21 bits per heavy atom. The molecular weight excluding hydrogens is 174 g/mol. The lowest BCUT2D eigenvalue weighted by Gasteiger charge is -1.98. The van der Waals surface area contributed by atoms with Crippen molar-refractivity contribution in [3.8, 4) is 0 Å². The lowest BCUT2D eigenvalue weighted by atomic mass is 10.1.